The second-order valence-corrected chi connectivity index (χ2v) is 4.25. The van der Waals surface area contributed by atoms with Gasteiger partial charge in [-0.1, -0.05) is 13.3 Å². The van der Waals surface area contributed by atoms with Crippen LogP contribution in [0.3, 0.4) is 0 Å². The number of aromatic nitrogens is 4. The van der Waals surface area contributed by atoms with Gasteiger partial charge in [0.2, 0.25) is 0 Å². The highest BCUT2D eigenvalue weighted by atomic mass is 16.5. The summed E-state index contributed by atoms with van der Waals surface area (Å²) in [5.41, 5.74) is 6.79. The van der Waals surface area contributed by atoms with Crippen molar-refractivity contribution in [2.75, 3.05) is 12.3 Å². The summed E-state index contributed by atoms with van der Waals surface area (Å²) in [4.78, 5) is 24.0. The lowest BCUT2D eigenvalue weighted by Crippen LogP contribution is -2.15. The number of ether oxygens (including phenoxy) is 1. The number of anilines is 1. The molecule has 0 aliphatic heterocycles. The molecule has 7 heteroatoms. The minimum Gasteiger partial charge on any atom is -0.464 e. The fourth-order valence-corrected chi connectivity index (χ4v) is 1.76. The van der Waals surface area contributed by atoms with E-state index in [0.29, 0.717) is 29.4 Å². The number of fused-ring (bicyclic) bond motifs is 1. The van der Waals surface area contributed by atoms with Crippen LogP contribution in [-0.4, -0.2) is 32.1 Å². The molecule has 2 heterocycles. The molecular formula is C12H17N5O2. The highest BCUT2D eigenvalue weighted by Gasteiger charge is 2.14. The average molecular weight is 263 g/mol. The molecule has 0 bridgehead atoms. The standard InChI is InChI=1S/C12H17N5O2/c1-3-4-5-19-9(18)6-17-8(2)16-10-11(13)14-7-15-12(10)17/h7H,3-6H2,1-2H3,(H2,13,14,15). The molecule has 19 heavy (non-hydrogen) atoms. The molecule has 0 spiro atoms. The summed E-state index contributed by atoms with van der Waals surface area (Å²) in [5.74, 6) is 0.675. The summed E-state index contributed by atoms with van der Waals surface area (Å²) in [7, 11) is 0. The maximum Gasteiger partial charge on any atom is 0.326 e. The lowest BCUT2D eigenvalue weighted by atomic mass is 10.4. The lowest BCUT2D eigenvalue weighted by Gasteiger charge is -2.06. The van der Waals surface area contributed by atoms with Crippen LogP contribution in [0.25, 0.3) is 11.2 Å². The summed E-state index contributed by atoms with van der Waals surface area (Å²) in [6, 6.07) is 0. The molecule has 0 saturated carbocycles. The third kappa shape index (κ3) is 2.81. The third-order valence-corrected chi connectivity index (χ3v) is 2.80. The minimum absolute atomic E-state index is 0.0858. The summed E-state index contributed by atoms with van der Waals surface area (Å²) >= 11 is 0. The number of nitrogen functional groups attached to an aromatic ring is 1. The first-order valence-electron chi connectivity index (χ1n) is 6.22. The second-order valence-electron chi connectivity index (χ2n) is 4.25. The number of unbranched alkanes of at least 4 members (excludes halogenated alkanes) is 1. The van der Waals surface area contributed by atoms with Crippen LogP contribution in [0.4, 0.5) is 5.82 Å². The van der Waals surface area contributed by atoms with Crippen LogP contribution in [0.15, 0.2) is 6.33 Å². The quantitative estimate of drug-likeness (QED) is 0.640. The molecule has 0 aromatic carbocycles. The van der Waals surface area contributed by atoms with Gasteiger partial charge in [-0.25, -0.2) is 15.0 Å². The molecule has 0 radical (unpaired) electrons. The van der Waals surface area contributed by atoms with Gasteiger partial charge in [0.1, 0.15) is 18.7 Å². The number of aryl methyl sites for hydroxylation is 1. The van der Waals surface area contributed by atoms with Crippen molar-refractivity contribution in [1.29, 1.82) is 0 Å². The van der Waals surface area contributed by atoms with E-state index in [1.54, 1.807) is 11.5 Å². The second kappa shape index (κ2) is 5.64. The van der Waals surface area contributed by atoms with Crippen LogP contribution in [0.1, 0.15) is 25.6 Å². The zero-order chi connectivity index (χ0) is 13.8. The molecule has 2 rings (SSSR count). The molecule has 2 aromatic rings. The number of nitrogens with two attached hydrogens (primary N) is 1. The molecule has 102 valence electrons. The number of nitrogens with zero attached hydrogens (tertiary/aromatic N) is 4. The Morgan fingerprint density at radius 3 is 3.00 bits per heavy atom. The summed E-state index contributed by atoms with van der Waals surface area (Å²) in [6.07, 6.45) is 3.21. The summed E-state index contributed by atoms with van der Waals surface area (Å²) in [5, 5.41) is 0. The predicted octanol–water partition coefficient (Wildman–Crippen LogP) is 1.06. The van der Waals surface area contributed by atoms with Gasteiger partial charge in [-0.05, 0) is 13.3 Å². The van der Waals surface area contributed by atoms with Gasteiger partial charge in [0.15, 0.2) is 17.0 Å². The van der Waals surface area contributed by atoms with Gasteiger partial charge >= 0.3 is 5.97 Å². The number of hydrogen-bond acceptors (Lipinski definition) is 6. The number of imidazole rings is 1. The largest absolute Gasteiger partial charge is 0.464 e. The molecule has 0 aliphatic carbocycles. The summed E-state index contributed by atoms with van der Waals surface area (Å²) < 4.78 is 6.81. The van der Waals surface area contributed by atoms with E-state index in [9.17, 15) is 4.79 Å². The predicted molar refractivity (Wildman–Crippen MR) is 70.3 cm³/mol. The molecule has 0 atom stereocenters. The van der Waals surface area contributed by atoms with Crippen LogP contribution in [0.5, 0.6) is 0 Å². The number of hydrogen-bond donors (Lipinski definition) is 1. The van der Waals surface area contributed by atoms with Gasteiger partial charge in [-0.15, -0.1) is 0 Å². The van der Waals surface area contributed by atoms with Crippen molar-refractivity contribution < 1.29 is 9.53 Å². The molecule has 2 aromatic heterocycles. The Morgan fingerprint density at radius 2 is 2.26 bits per heavy atom. The number of carbonyl (C=O) groups is 1. The number of esters is 1. The fraction of sp³-hybridized carbons (Fsp3) is 0.500. The van der Waals surface area contributed by atoms with Crippen LogP contribution in [0, 0.1) is 6.92 Å². The Hall–Kier alpha value is -2.18. The molecule has 2 N–H and O–H groups in total. The van der Waals surface area contributed by atoms with Gasteiger partial charge in [-0.2, -0.15) is 0 Å². The van der Waals surface area contributed by atoms with Gasteiger partial charge in [0.05, 0.1) is 6.61 Å². The third-order valence-electron chi connectivity index (χ3n) is 2.80. The van der Waals surface area contributed by atoms with Crippen molar-refractivity contribution in [2.24, 2.45) is 0 Å². The van der Waals surface area contributed by atoms with Crippen LogP contribution < -0.4 is 5.73 Å². The Balaban J connectivity index is 2.18. The fourth-order valence-electron chi connectivity index (χ4n) is 1.76. The van der Waals surface area contributed by atoms with E-state index in [4.69, 9.17) is 10.5 Å². The highest BCUT2D eigenvalue weighted by Crippen LogP contribution is 2.17. The van der Waals surface area contributed by atoms with E-state index in [1.807, 2.05) is 6.92 Å². The first-order valence-corrected chi connectivity index (χ1v) is 6.22. The van der Waals surface area contributed by atoms with Crippen molar-refractivity contribution in [1.82, 2.24) is 19.5 Å². The van der Waals surface area contributed by atoms with Crippen molar-refractivity contribution in [3.8, 4) is 0 Å². The Morgan fingerprint density at radius 1 is 1.47 bits per heavy atom. The van der Waals surface area contributed by atoms with Gasteiger partial charge in [0, 0.05) is 0 Å². The smallest absolute Gasteiger partial charge is 0.326 e. The average Bonchev–Trinajstić information content (AvgIpc) is 2.69. The van der Waals surface area contributed by atoms with Gasteiger partial charge in [-0.3, -0.25) is 4.79 Å². The molecule has 0 aliphatic rings. The van der Waals surface area contributed by atoms with E-state index in [1.165, 1.54) is 6.33 Å². The van der Waals surface area contributed by atoms with Crippen molar-refractivity contribution in [3.05, 3.63) is 12.2 Å². The molecule has 0 fully saturated rings. The van der Waals surface area contributed by atoms with Crippen LogP contribution in [0.2, 0.25) is 0 Å². The molecule has 0 unspecified atom stereocenters. The lowest BCUT2D eigenvalue weighted by molar-refractivity contribution is -0.144. The minimum atomic E-state index is -0.298. The van der Waals surface area contributed by atoms with E-state index in [2.05, 4.69) is 15.0 Å². The van der Waals surface area contributed by atoms with E-state index < -0.39 is 0 Å². The Labute approximate surface area is 110 Å². The monoisotopic (exact) mass is 263 g/mol. The van der Waals surface area contributed by atoms with Gasteiger partial charge in [0.25, 0.3) is 0 Å². The van der Waals surface area contributed by atoms with Gasteiger partial charge < -0.3 is 15.0 Å². The Bertz CT molecular complexity index is 593. The maximum atomic E-state index is 11.7. The number of rotatable bonds is 5. The first-order chi connectivity index (χ1) is 9.13. The normalized spacial score (nSPS) is 10.8. The first kappa shape index (κ1) is 13.3. The molecule has 7 nitrogen and oxygen atoms in total. The van der Waals surface area contributed by atoms with E-state index >= 15 is 0 Å². The van der Waals surface area contributed by atoms with Crippen molar-refractivity contribution >= 4 is 23.0 Å². The van der Waals surface area contributed by atoms with Crippen molar-refractivity contribution in [2.45, 2.75) is 33.2 Å². The SMILES string of the molecule is CCCCOC(=O)Cn1c(C)nc2c(N)ncnc21. The molecular weight excluding hydrogens is 246 g/mol. The summed E-state index contributed by atoms with van der Waals surface area (Å²) in [6.45, 7) is 4.36. The number of carbonyl (C=O) groups excluding carboxylic acids is 1. The highest BCUT2D eigenvalue weighted by molar-refractivity contribution is 5.83. The van der Waals surface area contributed by atoms with Crippen LogP contribution in [-0.2, 0) is 16.1 Å². The zero-order valence-electron chi connectivity index (χ0n) is 11.1. The molecule has 0 saturated heterocycles. The zero-order valence-corrected chi connectivity index (χ0v) is 11.1. The van der Waals surface area contributed by atoms with Crippen molar-refractivity contribution in [3.63, 3.8) is 0 Å². The Kier molecular flexibility index (Phi) is 3.94. The topological polar surface area (TPSA) is 95.9 Å². The van der Waals surface area contributed by atoms with E-state index in [0.717, 1.165) is 12.8 Å². The maximum absolute atomic E-state index is 11.7. The van der Waals surface area contributed by atoms with E-state index in [-0.39, 0.29) is 12.5 Å². The van der Waals surface area contributed by atoms with Crippen LogP contribution >= 0.6 is 0 Å². The molecule has 0 amide bonds.